The summed E-state index contributed by atoms with van der Waals surface area (Å²) >= 11 is 0. The van der Waals surface area contributed by atoms with E-state index in [9.17, 15) is 4.79 Å². The van der Waals surface area contributed by atoms with Gasteiger partial charge >= 0.3 is 5.97 Å². The van der Waals surface area contributed by atoms with E-state index in [1.165, 1.54) is 16.3 Å². The smallest absolute Gasteiger partial charge is 0.317 e. The summed E-state index contributed by atoms with van der Waals surface area (Å²) in [6.07, 6.45) is 0. The molecule has 0 heterocycles. The van der Waals surface area contributed by atoms with Crippen LogP contribution in [0.3, 0.4) is 0 Å². The normalized spacial score (nSPS) is 11.4. The van der Waals surface area contributed by atoms with E-state index in [4.69, 9.17) is 5.11 Å². The van der Waals surface area contributed by atoms with Gasteiger partial charge in [-0.05, 0) is 22.3 Å². The van der Waals surface area contributed by atoms with Gasteiger partial charge in [0.05, 0.1) is 6.54 Å². The van der Waals surface area contributed by atoms with Crippen molar-refractivity contribution in [3.05, 3.63) is 48.0 Å². The van der Waals surface area contributed by atoms with Crippen LogP contribution >= 0.6 is 0 Å². The molecule has 0 spiro atoms. The predicted octanol–water partition coefficient (Wildman–Crippen LogP) is 3.38. The van der Waals surface area contributed by atoms with Crippen molar-refractivity contribution >= 4 is 16.7 Å². The molecule has 2 aromatic rings. The Bertz CT molecular complexity index is 587. The van der Waals surface area contributed by atoms with Crippen LogP contribution in [0.2, 0.25) is 0 Å². The summed E-state index contributed by atoms with van der Waals surface area (Å²) < 4.78 is 0. The third kappa shape index (κ3) is 3.81. The summed E-state index contributed by atoms with van der Waals surface area (Å²) in [5, 5.41) is 11.4. The first-order valence-corrected chi connectivity index (χ1v) is 6.97. The van der Waals surface area contributed by atoms with Crippen molar-refractivity contribution in [1.29, 1.82) is 0 Å². The molecule has 20 heavy (non-hydrogen) atoms. The van der Waals surface area contributed by atoms with E-state index in [1.54, 1.807) is 0 Å². The lowest BCUT2D eigenvalue weighted by molar-refractivity contribution is -0.138. The molecule has 0 amide bonds. The Labute approximate surface area is 119 Å². The van der Waals surface area contributed by atoms with Gasteiger partial charge < -0.3 is 5.11 Å². The predicted molar refractivity (Wildman–Crippen MR) is 81.7 cm³/mol. The van der Waals surface area contributed by atoms with Gasteiger partial charge in [-0.3, -0.25) is 9.69 Å². The minimum atomic E-state index is -0.772. The maximum absolute atomic E-state index is 11.0. The first-order chi connectivity index (χ1) is 9.56. The molecule has 2 aromatic carbocycles. The Kier molecular flexibility index (Phi) is 4.74. The minimum Gasteiger partial charge on any atom is -0.480 e. The summed E-state index contributed by atoms with van der Waals surface area (Å²) in [5.41, 5.74) is 1.19. The van der Waals surface area contributed by atoms with Crippen LogP contribution in [0.1, 0.15) is 19.4 Å². The van der Waals surface area contributed by atoms with E-state index < -0.39 is 5.97 Å². The zero-order valence-electron chi connectivity index (χ0n) is 12.0. The Morgan fingerprint density at radius 2 is 1.85 bits per heavy atom. The van der Waals surface area contributed by atoms with Crippen LogP contribution in [0.4, 0.5) is 0 Å². The minimum absolute atomic E-state index is 0.0847. The van der Waals surface area contributed by atoms with Crippen molar-refractivity contribution in [3.8, 4) is 0 Å². The van der Waals surface area contributed by atoms with Crippen molar-refractivity contribution in [3.63, 3.8) is 0 Å². The van der Waals surface area contributed by atoms with E-state index in [2.05, 4.69) is 38.1 Å². The zero-order valence-corrected chi connectivity index (χ0v) is 12.0. The molecule has 2 rings (SSSR count). The molecule has 0 fully saturated rings. The standard InChI is InChI=1S/C17H21NO2/c1-13(2)10-18(12-17(19)20)11-15-8-5-7-14-6-3-4-9-16(14)15/h3-9,13H,10-12H2,1-2H3,(H,19,20). The fourth-order valence-corrected chi connectivity index (χ4v) is 2.56. The highest BCUT2D eigenvalue weighted by Gasteiger charge is 2.13. The number of hydrogen-bond donors (Lipinski definition) is 1. The van der Waals surface area contributed by atoms with Crippen molar-refractivity contribution in [2.24, 2.45) is 5.92 Å². The van der Waals surface area contributed by atoms with Crippen LogP contribution in [0.5, 0.6) is 0 Å². The summed E-state index contributed by atoms with van der Waals surface area (Å²) in [5.74, 6) is -0.324. The summed E-state index contributed by atoms with van der Waals surface area (Å²) in [6.45, 7) is 5.76. The van der Waals surface area contributed by atoms with Crippen LogP contribution in [0.25, 0.3) is 10.8 Å². The molecule has 0 saturated carbocycles. The van der Waals surface area contributed by atoms with E-state index in [0.717, 1.165) is 6.54 Å². The molecule has 3 heteroatoms. The lowest BCUT2D eigenvalue weighted by Gasteiger charge is -2.23. The highest BCUT2D eigenvalue weighted by molar-refractivity contribution is 5.85. The van der Waals surface area contributed by atoms with E-state index >= 15 is 0 Å². The second kappa shape index (κ2) is 6.53. The molecule has 0 aliphatic heterocycles. The van der Waals surface area contributed by atoms with E-state index in [1.807, 2.05) is 23.1 Å². The van der Waals surface area contributed by atoms with Crippen LogP contribution in [-0.2, 0) is 11.3 Å². The molecule has 0 aliphatic rings. The van der Waals surface area contributed by atoms with Crippen molar-refractivity contribution in [1.82, 2.24) is 4.90 Å². The molecule has 3 nitrogen and oxygen atoms in total. The van der Waals surface area contributed by atoms with Gasteiger partial charge in [0.2, 0.25) is 0 Å². The number of aliphatic carboxylic acids is 1. The first-order valence-electron chi connectivity index (χ1n) is 6.97. The largest absolute Gasteiger partial charge is 0.480 e. The number of rotatable bonds is 6. The number of benzene rings is 2. The molecule has 0 aromatic heterocycles. The molecule has 1 N–H and O–H groups in total. The third-order valence-electron chi connectivity index (χ3n) is 3.26. The van der Waals surface area contributed by atoms with Gasteiger partial charge in [0.1, 0.15) is 0 Å². The van der Waals surface area contributed by atoms with Gasteiger partial charge in [0.15, 0.2) is 0 Å². The average molecular weight is 271 g/mol. The second-order valence-electron chi connectivity index (χ2n) is 5.60. The van der Waals surface area contributed by atoms with Gasteiger partial charge in [-0.1, -0.05) is 56.3 Å². The van der Waals surface area contributed by atoms with Gasteiger partial charge in [-0.15, -0.1) is 0 Å². The molecular weight excluding hydrogens is 250 g/mol. The first kappa shape index (κ1) is 14.5. The second-order valence-corrected chi connectivity index (χ2v) is 5.60. The van der Waals surface area contributed by atoms with Gasteiger partial charge in [-0.25, -0.2) is 0 Å². The van der Waals surface area contributed by atoms with Crippen molar-refractivity contribution < 1.29 is 9.90 Å². The fourth-order valence-electron chi connectivity index (χ4n) is 2.56. The molecular formula is C17H21NO2. The summed E-state index contributed by atoms with van der Waals surface area (Å²) in [4.78, 5) is 13.0. The molecule has 0 atom stereocenters. The lowest BCUT2D eigenvalue weighted by atomic mass is 10.0. The number of carboxylic acids is 1. The Hall–Kier alpha value is -1.87. The maximum atomic E-state index is 11.0. The zero-order chi connectivity index (χ0) is 14.5. The monoisotopic (exact) mass is 271 g/mol. The highest BCUT2D eigenvalue weighted by Crippen LogP contribution is 2.20. The van der Waals surface area contributed by atoms with E-state index in [0.29, 0.717) is 12.5 Å². The molecule has 0 radical (unpaired) electrons. The Morgan fingerprint density at radius 3 is 2.55 bits per heavy atom. The number of hydrogen-bond acceptors (Lipinski definition) is 2. The number of fused-ring (bicyclic) bond motifs is 1. The van der Waals surface area contributed by atoms with Crippen LogP contribution in [-0.4, -0.2) is 29.1 Å². The van der Waals surface area contributed by atoms with Gasteiger partial charge in [0.25, 0.3) is 0 Å². The summed E-state index contributed by atoms with van der Waals surface area (Å²) in [6, 6.07) is 14.4. The van der Waals surface area contributed by atoms with Crippen LogP contribution in [0, 0.1) is 5.92 Å². The van der Waals surface area contributed by atoms with Gasteiger partial charge in [-0.2, -0.15) is 0 Å². The van der Waals surface area contributed by atoms with Crippen LogP contribution in [0.15, 0.2) is 42.5 Å². The summed E-state index contributed by atoms with van der Waals surface area (Å²) in [7, 11) is 0. The Balaban J connectivity index is 2.25. The fraction of sp³-hybridized carbons (Fsp3) is 0.353. The average Bonchev–Trinajstić information content (AvgIpc) is 2.37. The third-order valence-corrected chi connectivity index (χ3v) is 3.26. The quantitative estimate of drug-likeness (QED) is 0.875. The number of nitrogens with zero attached hydrogens (tertiary/aromatic N) is 1. The Morgan fingerprint density at radius 1 is 1.15 bits per heavy atom. The molecule has 0 saturated heterocycles. The van der Waals surface area contributed by atoms with Crippen LogP contribution < -0.4 is 0 Å². The van der Waals surface area contributed by atoms with Gasteiger partial charge in [0, 0.05) is 13.1 Å². The maximum Gasteiger partial charge on any atom is 0.317 e. The van der Waals surface area contributed by atoms with Crippen molar-refractivity contribution in [2.75, 3.05) is 13.1 Å². The molecule has 0 unspecified atom stereocenters. The number of carbonyl (C=O) groups is 1. The SMILES string of the molecule is CC(C)CN(CC(=O)O)Cc1cccc2ccccc12. The topological polar surface area (TPSA) is 40.5 Å². The lowest BCUT2D eigenvalue weighted by Crippen LogP contribution is -2.32. The van der Waals surface area contributed by atoms with Crippen molar-refractivity contribution in [2.45, 2.75) is 20.4 Å². The molecule has 106 valence electrons. The van der Waals surface area contributed by atoms with E-state index in [-0.39, 0.29) is 6.54 Å². The molecule has 0 aliphatic carbocycles. The highest BCUT2D eigenvalue weighted by atomic mass is 16.4. The molecule has 0 bridgehead atoms. The number of carboxylic acid groups (broad SMARTS) is 1.